The van der Waals surface area contributed by atoms with E-state index in [-0.39, 0.29) is 22.3 Å². The maximum Gasteiger partial charge on any atom is 0.335 e. The zero-order chi connectivity index (χ0) is 32.3. The van der Waals surface area contributed by atoms with E-state index >= 15 is 0 Å². The Hall–Kier alpha value is -6.42. The van der Waals surface area contributed by atoms with Gasteiger partial charge in [-0.3, -0.25) is 0 Å². The average molecular weight is 613 g/mol. The van der Waals surface area contributed by atoms with Crippen molar-refractivity contribution in [3.05, 3.63) is 130 Å². The summed E-state index contributed by atoms with van der Waals surface area (Å²) in [6.45, 7) is 0.898. The monoisotopic (exact) mass is 612 g/mol. The molecule has 0 saturated heterocycles. The molecule has 226 valence electrons. The van der Waals surface area contributed by atoms with Crippen LogP contribution in [0.15, 0.2) is 97.1 Å². The molecule has 0 unspecified atom stereocenters. The van der Waals surface area contributed by atoms with Crippen LogP contribution in [0.4, 0.5) is 0 Å². The van der Waals surface area contributed by atoms with Crippen molar-refractivity contribution in [1.82, 2.24) is 9.13 Å². The largest absolute Gasteiger partial charge is 0.478 e. The Balaban J connectivity index is 1.27. The Morgan fingerprint density at radius 1 is 0.391 bits per heavy atom. The molecule has 7 aromatic rings. The first kappa shape index (κ1) is 28.4. The fourth-order valence-electron chi connectivity index (χ4n) is 6.20. The third-order valence-electron chi connectivity index (χ3n) is 8.42. The Labute approximate surface area is 259 Å². The lowest BCUT2D eigenvalue weighted by Gasteiger charge is -2.11. The summed E-state index contributed by atoms with van der Waals surface area (Å²) in [5, 5.41) is 40.8. The Morgan fingerprint density at radius 2 is 0.630 bits per heavy atom. The second-order valence-corrected chi connectivity index (χ2v) is 11.1. The number of fused-ring (bicyclic) bond motifs is 6. The van der Waals surface area contributed by atoms with Crippen molar-refractivity contribution < 1.29 is 39.6 Å². The van der Waals surface area contributed by atoms with Gasteiger partial charge in [0.2, 0.25) is 0 Å². The predicted octanol–water partition coefficient (Wildman–Crippen LogP) is 6.79. The lowest BCUT2D eigenvalue weighted by molar-refractivity contribution is 0.0686. The van der Waals surface area contributed by atoms with E-state index < -0.39 is 23.9 Å². The maximum absolute atomic E-state index is 11.7. The molecular weight excluding hydrogens is 588 g/mol. The quantitative estimate of drug-likeness (QED) is 0.146. The molecule has 0 amide bonds. The third kappa shape index (κ3) is 4.69. The summed E-state index contributed by atoms with van der Waals surface area (Å²) >= 11 is 0. The highest BCUT2D eigenvalue weighted by atomic mass is 16.4. The van der Waals surface area contributed by atoms with Gasteiger partial charge < -0.3 is 29.6 Å². The van der Waals surface area contributed by atoms with Crippen LogP contribution in [0.25, 0.3) is 43.6 Å². The summed E-state index contributed by atoms with van der Waals surface area (Å²) in [5.74, 6) is -4.28. The SMILES string of the molecule is O=C(O)c1ccc2c(c1)c1cc(C(=O)O)ccc1n2Cc1ccc(Cn2c3ccc(C(=O)O)cc3c3cc(C(=O)O)ccc32)cc1. The molecule has 0 radical (unpaired) electrons. The Bertz CT molecular complexity index is 2120. The minimum absolute atomic E-state index is 0.111. The maximum atomic E-state index is 11.7. The van der Waals surface area contributed by atoms with Crippen LogP contribution < -0.4 is 0 Å². The summed E-state index contributed by atoms with van der Waals surface area (Å²) < 4.78 is 4.06. The summed E-state index contributed by atoms with van der Waals surface area (Å²) in [4.78, 5) is 46.7. The highest BCUT2D eigenvalue weighted by Crippen LogP contribution is 2.33. The summed E-state index contributed by atoms with van der Waals surface area (Å²) in [6, 6.07) is 27.3. The molecule has 0 fully saturated rings. The first-order valence-corrected chi connectivity index (χ1v) is 14.2. The van der Waals surface area contributed by atoms with E-state index in [2.05, 4.69) is 0 Å². The smallest absolute Gasteiger partial charge is 0.335 e. The zero-order valence-electron chi connectivity index (χ0n) is 24.0. The Morgan fingerprint density at radius 3 is 0.848 bits per heavy atom. The number of aromatic carboxylic acids is 4. The van der Waals surface area contributed by atoms with Gasteiger partial charge in [-0.15, -0.1) is 0 Å². The van der Waals surface area contributed by atoms with E-state index in [1.54, 1.807) is 48.5 Å². The predicted molar refractivity (Wildman–Crippen MR) is 171 cm³/mol. The van der Waals surface area contributed by atoms with E-state index in [1.165, 1.54) is 24.3 Å². The van der Waals surface area contributed by atoms with E-state index in [4.69, 9.17) is 0 Å². The number of aromatic nitrogens is 2. The van der Waals surface area contributed by atoms with Crippen LogP contribution in [-0.4, -0.2) is 53.4 Å². The van der Waals surface area contributed by atoms with Crippen LogP contribution in [0.1, 0.15) is 52.6 Å². The van der Waals surface area contributed by atoms with Crippen molar-refractivity contribution in [2.75, 3.05) is 0 Å². The molecule has 2 heterocycles. The molecule has 4 N–H and O–H groups in total. The number of rotatable bonds is 8. The molecule has 2 aromatic heterocycles. The number of benzene rings is 5. The van der Waals surface area contributed by atoms with Crippen LogP contribution in [0.3, 0.4) is 0 Å². The molecule has 46 heavy (non-hydrogen) atoms. The fraction of sp³-hybridized carbons (Fsp3) is 0.0556. The van der Waals surface area contributed by atoms with Crippen molar-refractivity contribution in [3.8, 4) is 0 Å². The summed E-state index contributed by atoms with van der Waals surface area (Å²) in [7, 11) is 0. The highest BCUT2D eigenvalue weighted by Gasteiger charge is 2.18. The topological polar surface area (TPSA) is 159 Å². The molecule has 7 rings (SSSR count). The molecule has 0 saturated carbocycles. The molecule has 0 spiro atoms. The molecule has 0 aliphatic rings. The first-order chi connectivity index (χ1) is 22.1. The van der Waals surface area contributed by atoms with Crippen molar-refractivity contribution >= 4 is 67.5 Å². The fourth-order valence-corrected chi connectivity index (χ4v) is 6.20. The Kier molecular flexibility index (Phi) is 6.56. The number of hydrogen-bond acceptors (Lipinski definition) is 4. The summed E-state index contributed by atoms with van der Waals surface area (Å²) in [5.41, 5.74) is 5.48. The highest BCUT2D eigenvalue weighted by molar-refractivity contribution is 6.13. The molecule has 0 bridgehead atoms. The van der Waals surface area contributed by atoms with Crippen LogP contribution in [0.5, 0.6) is 0 Å². The van der Waals surface area contributed by atoms with Crippen molar-refractivity contribution in [3.63, 3.8) is 0 Å². The van der Waals surface area contributed by atoms with Gasteiger partial charge in [0.1, 0.15) is 0 Å². The minimum atomic E-state index is -1.07. The van der Waals surface area contributed by atoms with Gasteiger partial charge in [-0.05, 0) is 83.9 Å². The third-order valence-corrected chi connectivity index (χ3v) is 8.42. The van der Waals surface area contributed by atoms with Crippen LogP contribution in [0, 0.1) is 0 Å². The average Bonchev–Trinajstić information content (AvgIpc) is 3.52. The van der Waals surface area contributed by atoms with E-state index in [0.717, 1.165) is 33.2 Å². The van der Waals surface area contributed by atoms with E-state index in [9.17, 15) is 39.6 Å². The van der Waals surface area contributed by atoms with Gasteiger partial charge in [0, 0.05) is 56.7 Å². The number of carboxylic acid groups (broad SMARTS) is 4. The number of carbonyl (C=O) groups is 4. The van der Waals surface area contributed by atoms with Crippen LogP contribution in [0.2, 0.25) is 0 Å². The minimum Gasteiger partial charge on any atom is -0.478 e. The van der Waals surface area contributed by atoms with Gasteiger partial charge in [-0.1, -0.05) is 24.3 Å². The molecular formula is C36H24N2O8. The molecule has 10 heteroatoms. The molecule has 0 atom stereocenters. The van der Waals surface area contributed by atoms with Gasteiger partial charge in [0.15, 0.2) is 0 Å². The second kappa shape index (κ2) is 10.6. The molecule has 5 aromatic carbocycles. The van der Waals surface area contributed by atoms with Gasteiger partial charge in [0.25, 0.3) is 0 Å². The lowest BCUT2D eigenvalue weighted by atomic mass is 10.1. The van der Waals surface area contributed by atoms with Crippen molar-refractivity contribution in [2.24, 2.45) is 0 Å². The number of carboxylic acids is 4. The standard InChI is InChI=1S/C36H24N2O8/c39-33(40)21-5-9-29-25(13-21)26-14-22(34(41)42)6-10-30(26)37(29)17-19-1-2-20(4-3-19)18-38-31-11-7-23(35(43)44)15-27(31)28-16-24(36(45)46)8-12-32(28)38/h1-16H,17-18H2,(H,39,40)(H,41,42)(H,43,44)(H,45,46). The molecule has 0 aliphatic heterocycles. The zero-order valence-corrected chi connectivity index (χ0v) is 24.0. The van der Waals surface area contributed by atoms with Gasteiger partial charge >= 0.3 is 23.9 Å². The van der Waals surface area contributed by atoms with Crippen LogP contribution >= 0.6 is 0 Å². The number of hydrogen-bond donors (Lipinski definition) is 4. The van der Waals surface area contributed by atoms with E-state index in [0.29, 0.717) is 34.6 Å². The number of nitrogens with zero attached hydrogens (tertiary/aromatic N) is 2. The van der Waals surface area contributed by atoms with Crippen molar-refractivity contribution in [1.29, 1.82) is 0 Å². The summed E-state index contributed by atoms with van der Waals surface area (Å²) in [6.07, 6.45) is 0. The van der Waals surface area contributed by atoms with Gasteiger partial charge in [-0.2, -0.15) is 0 Å². The normalized spacial score (nSPS) is 11.5. The van der Waals surface area contributed by atoms with Gasteiger partial charge in [0.05, 0.1) is 22.3 Å². The molecule has 10 nitrogen and oxygen atoms in total. The van der Waals surface area contributed by atoms with Gasteiger partial charge in [-0.25, -0.2) is 19.2 Å². The van der Waals surface area contributed by atoms with Crippen LogP contribution in [-0.2, 0) is 13.1 Å². The second-order valence-electron chi connectivity index (χ2n) is 11.1. The van der Waals surface area contributed by atoms with E-state index in [1.807, 2.05) is 33.4 Å². The lowest BCUT2D eigenvalue weighted by Crippen LogP contribution is -2.03. The molecule has 0 aliphatic carbocycles. The first-order valence-electron chi connectivity index (χ1n) is 14.2. The van der Waals surface area contributed by atoms with Crippen molar-refractivity contribution in [2.45, 2.75) is 13.1 Å².